The van der Waals surface area contributed by atoms with Crippen LogP contribution in [0.15, 0.2) is 29.3 Å². The zero-order valence-corrected chi connectivity index (χ0v) is 16.2. The number of nitrogens with zero attached hydrogens (tertiary/aromatic N) is 2. The first-order chi connectivity index (χ1) is 11.8. The van der Waals surface area contributed by atoms with Gasteiger partial charge in [0.25, 0.3) is 0 Å². The molecule has 0 spiro atoms. The van der Waals surface area contributed by atoms with Crippen LogP contribution in [0, 0.1) is 0 Å². The molecule has 0 aromatic heterocycles. The maximum Gasteiger partial charge on any atom is 0.248 e. The molecule has 4 N–H and O–H groups in total. The first-order valence-corrected chi connectivity index (χ1v) is 8.94. The van der Waals surface area contributed by atoms with Gasteiger partial charge in [0.15, 0.2) is 5.96 Å². The van der Waals surface area contributed by atoms with Gasteiger partial charge in [0, 0.05) is 44.3 Å². The normalized spacial score (nSPS) is 12.1. The molecule has 1 aromatic carbocycles. The topological polar surface area (TPSA) is 82.8 Å². The highest BCUT2D eigenvalue weighted by molar-refractivity contribution is 5.92. The monoisotopic (exact) mass is 347 g/mol. The van der Waals surface area contributed by atoms with E-state index in [0.29, 0.717) is 24.2 Å². The Morgan fingerprint density at radius 3 is 2.44 bits per heavy atom. The van der Waals surface area contributed by atoms with Gasteiger partial charge < -0.3 is 16.4 Å². The van der Waals surface area contributed by atoms with Crippen LogP contribution in [0.25, 0.3) is 0 Å². The smallest absolute Gasteiger partial charge is 0.248 e. The van der Waals surface area contributed by atoms with E-state index in [2.05, 4.69) is 48.2 Å². The summed E-state index contributed by atoms with van der Waals surface area (Å²) in [6, 6.07) is 8.40. The number of carbonyl (C=O) groups is 1. The van der Waals surface area contributed by atoms with E-state index >= 15 is 0 Å². The van der Waals surface area contributed by atoms with Crippen LogP contribution in [-0.4, -0.2) is 49.0 Å². The van der Waals surface area contributed by atoms with Crippen molar-refractivity contribution < 1.29 is 4.79 Å². The third-order valence-corrected chi connectivity index (χ3v) is 4.11. The lowest BCUT2D eigenvalue weighted by Gasteiger charge is -2.30. The van der Waals surface area contributed by atoms with Crippen molar-refractivity contribution in [3.8, 4) is 0 Å². The number of nitrogens with one attached hydrogen (secondary N) is 2. The summed E-state index contributed by atoms with van der Waals surface area (Å²) in [6.45, 7) is 11.4. The number of rotatable bonds is 9. The van der Waals surface area contributed by atoms with Crippen LogP contribution < -0.4 is 16.4 Å². The first-order valence-electron chi connectivity index (χ1n) is 8.94. The summed E-state index contributed by atoms with van der Waals surface area (Å²) in [4.78, 5) is 18.0. The van der Waals surface area contributed by atoms with Crippen LogP contribution in [0.5, 0.6) is 0 Å². The molecule has 0 aliphatic heterocycles. The van der Waals surface area contributed by atoms with Crippen LogP contribution in [0.3, 0.4) is 0 Å². The fourth-order valence-electron chi connectivity index (χ4n) is 2.82. The molecule has 0 radical (unpaired) electrons. The fourth-order valence-corrected chi connectivity index (χ4v) is 2.82. The van der Waals surface area contributed by atoms with Crippen LogP contribution in [0.1, 0.15) is 50.0 Å². The van der Waals surface area contributed by atoms with Crippen molar-refractivity contribution in [2.24, 2.45) is 10.7 Å². The molecule has 0 unspecified atom stereocenters. The molecule has 0 saturated heterocycles. The Morgan fingerprint density at radius 2 is 1.88 bits per heavy atom. The van der Waals surface area contributed by atoms with Gasteiger partial charge in [-0.25, -0.2) is 0 Å². The number of amides is 1. The molecular weight excluding hydrogens is 314 g/mol. The van der Waals surface area contributed by atoms with Crippen molar-refractivity contribution >= 4 is 11.9 Å². The Morgan fingerprint density at radius 1 is 1.20 bits per heavy atom. The third kappa shape index (κ3) is 7.56. The minimum atomic E-state index is -0.413. The van der Waals surface area contributed by atoms with Crippen LogP contribution in [0.2, 0.25) is 0 Å². The van der Waals surface area contributed by atoms with E-state index in [1.54, 1.807) is 19.2 Å². The molecule has 6 heteroatoms. The minimum Gasteiger partial charge on any atom is -0.366 e. The van der Waals surface area contributed by atoms with E-state index in [1.165, 1.54) is 0 Å². The highest BCUT2D eigenvalue weighted by Crippen LogP contribution is 2.06. The van der Waals surface area contributed by atoms with E-state index in [-0.39, 0.29) is 0 Å². The summed E-state index contributed by atoms with van der Waals surface area (Å²) in [6.07, 6.45) is 1.05. The molecule has 1 aromatic rings. The molecule has 0 atom stereocenters. The second kappa shape index (κ2) is 10.7. The van der Waals surface area contributed by atoms with E-state index in [9.17, 15) is 4.79 Å². The van der Waals surface area contributed by atoms with Crippen molar-refractivity contribution in [3.63, 3.8) is 0 Å². The number of benzene rings is 1. The highest BCUT2D eigenvalue weighted by Gasteiger charge is 2.12. The van der Waals surface area contributed by atoms with Gasteiger partial charge in [0.05, 0.1) is 0 Å². The van der Waals surface area contributed by atoms with Crippen LogP contribution in [0.4, 0.5) is 0 Å². The largest absolute Gasteiger partial charge is 0.366 e. The Kier molecular flexibility index (Phi) is 8.99. The molecule has 6 nitrogen and oxygen atoms in total. The van der Waals surface area contributed by atoms with Crippen molar-refractivity contribution in [2.75, 3.05) is 20.1 Å². The van der Waals surface area contributed by atoms with Gasteiger partial charge in [-0.1, -0.05) is 12.1 Å². The van der Waals surface area contributed by atoms with Crippen molar-refractivity contribution in [2.45, 2.75) is 52.7 Å². The first kappa shape index (κ1) is 21.0. The predicted molar refractivity (Wildman–Crippen MR) is 105 cm³/mol. The fraction of sp³-hybridized carbons (Fsp3) is 0.579. The number of guanidine groups is 1. The maximum atomic E-state index is 11.2. The summed E-state index contributed by atoms with van der Waals surface area (Å²) in [7, 11) is 1.75. The lowest BCUT2D eigenvalue weighted by Crippen LogP contribution is -2.41. The maximum absolute atomic E-state index is 11.2. The minimum absolute atomic E-state index is 0.413. The Hall–Kier alpha value is -2.08. The van der Waals surface area contributed by atoms with Crippen LogP contribution in [-0.2, 0) is 6.54 Å². The Balaban J connectivity index is 2.40. The lowest BCUT2D eigenvalue weighted by molar-refractivity contribution is 0.1000. The van der Waals surface area contributed by atoms with Crippen molar-refractivity contribution in [1.82, 2.24) is 15.5 Å². The molecule has 0 bridgehead atoms. The summed E-state index contributed by atoms with van der Waals surface area (Å²) in [5.74, 6) is 0.342. The second-order valence-corrected chi connectivity index (χ2v) is 6.70. The summed E-state index contributed by atoms with van der Waals surface area (Å²) < 4.78 is 0. The Labute approximate surface area is 151 Å². The SMILES string of the molecule is CN=C(NCCCN(C(C)C)C(C)C)NCc1cccc(C(N)=O)c1. The van der Waals surface area contributed by atoms with Crippen LogP contribution >= 0.6 is 0 Å². The van der Waals surface area contributed by atoms with E-state index in [4.69, 9.17) is 5.73 Å². The van der Waals surface area contributed by atoms with Gasteiger partial charge in [-0.05, 0) is 51.8 Å². The molecule has 0 aliphatic rings. The van der Waals surface area contributed by atoms with Gasteiger partial charge in [-0.15, -0.1) is 0 Å². The highest BCUT2D eigenvalue weighted by atomic mass is 16.1. The number of aliphatic imine (C=N–C) groups is 1. The molecule has 1 rings (SSSR count). The predicted octanol–water partition coefficient (Wildman–Crippen LogP) is 1.96. The van der Waals surface area contributed by atoms with Gasteiger partial charge >= 0.3 is 0 Å². The number of primary amides is 1. The number of hydrogen-bond donors (Lipinski definition) is 3. The van der Waals surface area contributed by atoms with Gasteiger partial charge in [0.1, 0.15) is 0 Å². The quantitative estimate of drug-likeness (QED) is 0.362. The average Bonchev–Trinajstić information content (AvgIpc) is 2.56. The van der Waals surface area contributed by atoms with E-state index in [1.807, 2.05) is 12.1 Å². The molecule has 0 saturated carbocycles. The summed E-state index contributed by atoms with van der Waals surface area (Å²) in [5, 5.41) is 6.59. The van der Waals surface area contributed by atoms with Crippen molar-refractivity contribution in [1.29, 1.82) is 0 Å². The molecule has 0 fully saturated rings. The molecular formula is C19H33N5O. The standard InChI is InChI=1S/C19H33N5O/c1-14(2)24(15(3)4)11-7-10-22-19(21-5)23-13-16-8-6-9-17(12-16)18(20)25/h6,8-9,12,14-15H,7,10-11,13H2,1-5H3,(H2,20,25)(H2,21,22,23). The molecule has 0 heterocycles. The Bertz CT molecular complexity index is 561. The molecule has 25 heavy (non-hydrogen) atoms. The zero-order chi connectivity index (χ0) is 18.8. The second-order valence-electron chi connectivity index (χ2n) is 6.70. The van der Waals surface area contributed by atoms with E-state index < -0.39 is 5.91 Å². The van der Waals surface area contributed by atoms with E-state index in [0.717, 1.165) is 31.0 Å². The van der Waals surface area contributed by atoms with Gasteiger partial charge in [-0.3, -0.25) is 14.7 Å². The summed E-state index contributed by atoms with van der Waals surface area (Å²) >= 11 is 0. The molecule has 1 amide bonds. The number of carbonyl (C=O) groups excluding carboxylic acids is 1. The average molecular weight is 348 g/mol. The number of nitrogens with two attached hydrogens (primary N) is 1. The molecule has 140 valence electrons. The summed E-state index contributed by atoms with van der Waals surface area (Å²) in [5.41, 5.74) is 6.82. The van der Waals surface area contributed by atoms with Crippen molar-refractivity contribution in [3.05, 3.63) is 35.4 Å². The van der Waals surface area contributed by atoms with Gasteiger partial charge in [-0.2, -0.15) is 0 Å². The zero-order valence-electron chi connectivity index (χ0n) is 16.2. The molecule has 0 aliphatic carbocycles. The third-order valence-electron chi connectivity index (χ3n) is 4.11. The lowest BCUT2D eigenvalue weighted by atomic mass is 10.1. The van der Waals surface area contributed by atoms with Gasteiger partial charge in [0.2, 0.25) is 5.91 Å². The number of hydrogen-bond acceptors (Lipinski definition) is 3.